The molecular formula is C15H18ClNO4. The van der Waals surface area contributed by atoms with Crippen molar-refractivity contribution in [2.45, 2.75) is 31.2 Å². The molecular weight excluding hydrogens is 294 g/mol. The van der Waals surface area contributed by atoms with Crippen molar-refractivity contribution in [3.63, 3.8) is 0 Å². The third-order valence-electron chi connectivity index (χ3n) is 3.55. The number of halogens is 1. The van der Waals surface area contributed by atoms with Crippen LogP contribution >= 0.6 is 11.6 Å². The summed E-state index contributed by atoms with van der Waals surface area (Å²) < 4.78 is 5.25. The maximum Gasteiger partial charge on any atom is 0.305 e. The highest BCUT2D eigenvalue weighted by Crippen LogP contribution is 2.23. The third-order valence-corrected chi connectivity index (χ3v) is 3.80. The molecule has 21 heavy (non-hydrogen) atoms. The van der Waals surface area contributed by atoms with Crippen LogP contribution in [0.4, 0.5) is 0 Å². The molecule has 1 aliphatic heterocycles. The molecule has 5 nitrogen and oxygen atoms in total. The normalized spacial score (nSPS) is 21.2. The fraction of sp³-hybridized carbons (Fsp3) is 0.467. The van der Waals surface area contributed by atoms with Crippen LogP contribution in [0.25, 0.3) is 0 Å². The molecule has 1 aliphatic rings. The number of carbonyl (C=O) groups is 2. The number of rotatable bonds is 6. The Morgan fingerprint density at radius 2 is 2.05 bits per heavy atom. The summed E-state index contributed by atoms with van der Waals surface area (Å²) in [6.07, 6.45) is 1.32. The number of nitrogens with one attached hydrogen (secondary N) is 1. The summed E-state index contributed by atoms with van der Waals surface area (Å²) in [4.78, 5) is 23.0. The molecule has 1 unspecified atom stereocenters. The Bertz CT molecular complexity index is 509. The van der Waals surface area contributed by atoms with Crippen LogP contribution in [0.3, 0.4) is 0 Å². The monoisotopic (exact) mass is 311 g/mol. The Balaban J connectivity index is 1.87. The molecule has 114 valence electrons. The molecule has 0 bridgehead atoms. The van der Waals surface area contributed by atoms with E-state index in [1.54, 1.807) is 12.1 Å². The summed E-state index contributed by atoms with van der Waals surface area (Å²) in [5.74, 6) is -1.09. The summed E-state index contributed by atoms with van der Waals surface area (Å²) in [5, 5.41) is 12.5. The fourth-order valence-electron chi connectivity index (χ4n) is 2.45. The SMILES string of the molecule is O=C(O)CC1(NC(=O)CCc2ccc(Cl)cc2)CCOC1. The zero-order chi connectivity index (χ0) is 15.3. The summed E-state index contributed by atoms with van der Waals surface area (Å²) in [7, 11) is 0. The molecule has 6 heteroatoms. The predicted octanol–water partition coefficient (Wildman–Crippen LogP) is 2.02. The van der Waals surface area contributed by atoms with Crippen molar-refractivity contribution in [1.29, 1.82) is 0 Å². The lowest BCUT2D eigenvalue weighted by Crippen LogP contribution is -2.50. The van der Waals surface area contributed by atoms with E-state index in [1.807, 2.05) is 12.1 Å². The van der Waals surface area contributed by atoms with Gasteiger partial charge in [-0.15, -0.1) is 0 Å². The number of carbonyl (C=O) groups excluding carboxylic acids is 1. The van der Waals surface area contributed by atoms with Gasteiger partial charge in [0, 0.05) is 18.1 Å². The average molecular weight is 312 g/mol. The molecule has 1 atom stereocenters. The number of aryl methyl sites for hydroxylation is 1. The molecule has 0 saturated carbocycles. The van der Waals surface area contributed by atoms with Crippen LogP contribution < -0.4 is 5.32 Å². The fourth-order valence-corrected chi connectivity index (χ4v) is 2.57. The number of amides is 1. The Morgan fingerprint density at radius 1 is 1.33 bits per heavy atom. The first-order chi connectivity index (χ1) is 9.99. The molecule has 2 rings (SSSR count). The second-order valence-corrected chi connectivity index (χ2v) is 5.76. The first kappa shape index (κ1) is 15.8. The van der Waals surface area contributed by atoms with Crippen molar-refractivity contribution >= 4 is 23.5 Å². The van der Waals surface area contributed by atoms with Gasteiger partial charge in [-0.05, 0) is 30.5 Å². The molecule has 1 heterocycles. The summed E-state index contributed by atoms with van der Waals surface area (Å²) in [5.41, 5.74) is 0.257. The molecule has 1 aromatic carbocycles. The Labute approximate surface area is 128 Å². The molecule has 0 aliphatic carbocycles. The molecule has 1 amide bonds. The number of benzene rings is 1. The summed E-state index contributed by atoms with van der Waals surface area (Å²) in [6.45, 7) is 0.733. The van der Waals surface area contributed by atoms with Crippen molar-refractivity contribution < 1.29 is 19.4 Å². The molecule has 0 spiro atoms. The number of ether oxygens (including phenoxy) is 1. The Kier molecular flexibility index (Phi) is 5.20. The zero-order valence-electron chi connectivity index (χ0n) is 11.6. The quantitative estimate of drug-likeness (QED) is 0.843. The minimum absolute atomic E-state index is 0.111. The van der Waals surface area contributed by atoms with Crippen molar-refractivity contribution in [2.75, 3.05) is 13.2 Å². The van der Waals surface area contributed by atoms with Gasteiger partial charge in [-0.2, -0.15) is 0 Å². The van der Waals surface area contributed by atoms with Crippen molar-refractivity contribution in [3.8, 4) is 0 Å². The van der Waals surface area contributed by atoms with Crippen molar-refractivity contribution in [3.05, 3.63) is 34.9 Å². The van der Waals surface area contributed by atoms with E-state index >= 15 is 0 Å². The second kappa shape index (κ2) is 6.91. The van der Waals surface area contributed by atoms with Gasteiger partial charge in [0.15, 0.2) is 0 Å². The minimum atomic E-state index is -0.932. The number of aliphatic carboxylic acids is 1. The second-order valence-electron chi connectivity index (χ2n) is 5.33. The first-order valence-corrected chi connectivity index (χ1v) is 7.22. The van der Waals surface area contributed by atoms with Crippen LogP contribution in [0.2, 0.25) is 5.02 Å². The van der Waals surface area contributed by atoms with Gasteiger partial charge in [-0.25, -0.2) is 0 Å². The highest BCUT2D eigenvalue weighted by Gasteiger charge is 2.38. The van der Waals surface area contributed by atoms with E-state index in [9.17, 15) is 9.59 Å². The summed E-state index contributed by atoms with van der Waals surface area (Å²) >= 11 is 5.81. The number of hydrogen-bond donors (Lipinski definition) is 2. The zero-order valence-corrected chi connectivity index (χ0v) is 12.4. The van der Waals surface area contributed by atoms with Crippen LogP contribution in [0.1, 0.15) is 24.8 Å². The Hall–Kier alpha value is -1.59. The van der Waals surface area contributed by atoms with Crippen molar-refractivity contribution in [2.24, 2.45) is 0 Å². The van der Waals surface area contributed by atoms with E-state index in [1.165, 1.54) is 0 Å². The molecule has 0 radical (unpaired) electrons. The molecule has 1 fully saturated rings. The van der Waals surface area contributed by atoms with Crippen molar-refractivity contribution in [1.82, 2.24) is 5.32 Å². The van der Waals surface area contributed by atoms with Gasteiger partial charge >= 0.3 is 5.97 Å². The smallest absolute Gasteiger partial charge is 0.305 e. The van der Waals surface area contributed by atoms with Crippen LogP contribution in [0.5, 0.6) is 0 Å². The van der Waals surface area contributed by atoms with Gasteiger partial charge in [-0.1, -0.05) is 23.7 Å². The molecule has 1 saturated heterocycles. The minimum Gasteiger partial charge on any atom is -0.481 e. The van der Waals surface area contributed by atoms with Gasteiger partial charge in [-0.3, -0.25) is 9.59 Å². The van der Waals surface area contributed by atoms with E-state index in [-0.39, 0.29) is 18.9 Å². The first-order valence-electron chi connectivity index (χ1n) is 6.84. The average Bonchev–Trinajstić information content (AvgIpc) is 2.85. The maximum absolute atomic E-state index is 12.0. The largest absolute Gasteiger partial charge is 0.481 e. The molecule has 1 aromatic rings. The Morgan fingerprint density at radius 3 is 2.62 bits per heavy atom. The van der Waals surface area contributed by atoms with Gasteiger partial charge in [0.05, 0.1) is 18.6 Å². The van der Waals surface area contributed by atoms with Gasteiger partial charge in [0.25, 0.3) is 0 Å². The van der Waals surface area contributed by atoms with Gasteiger partial charge in [0.2, 0.25) is 5.91 Å². The van der Waals surface area contributed by atoms with E-state index in [0.29, 0.717) is 30.9 Å². The topological polar surface area (TPSA) is 75.6 Å². The number of carboxylic acid groups (broad SMARTS) is 1. The van der Waals surface area contributed by atoms with Crippen LogP contribution in [-0.4, -0.2) is 35.7 Å². The lowest BCUT2D eigenvalue weighted by atomic mass is 9.94. The van der Waals surface area contributed by atoms with Gasteiger partial charge in [0.1, 0.15) is 0 Å². The highest BCUT2D eigenvalue weighted by molar-refractivity contribution is 6.30. The van der Waals surface area contributed by atoms with E-state index in [2.05, 4.69) is 5.32 Å². The van der Waals surface area contributed by atoms with E-state index in [0.717, 1.165) is 5.56 Å². The summed E-state index contributed by atoms with van der Waals surface area (Å²) in [6, 6.07) is 7.32. The van der Waals surface area contributed by atoms with E-state index < -0.39 is 11.5 Å². The predicted molar refractivity (Wildman–Crippen MR) is 78.3 cm³/mol. The standard InChI is InChI=1S/C15H18ClNO4/c16-12-4-1-11(2-5-12)3-6-13(18)17-15(9-14(19)20)7-8-21-10-15/h1-2,4-5H,3,6-10H2,(H,17,18)(H,19,20). The number of carboxylic acids is 1. The van der Waals surface area contributed by atoms with Gasteiger partial charge < -0.3 is 15.2 Å². The third kappa shape index (κ3) is 4.72. The molecule has 0 aromatic heterocycles. The lowest BCUT2D eigenvalue weighted by Gasteiger charge is -2.27. The maximum atomic E-state index is 12.0. The van der Waals surface area contributed by atoms with Crippen LogP contribution in [-0.2, 0) is 20.7 Å². The van der Waals surface area contributed by atoms with Crippen LogP contribution in [0.15, 0.2) is 24.3 Å². The lowest BCUT2D eigenvalue weighted by molar-refractivity contribution is -0.139. The van der Waals surface area contributed by atoms with E-state index in [4.69, 9.17) is 21.4 Å². The molecule has 2 N–H and O–H groups in total. The highest BCUT2D eigenvalue weighted by atomic mass is 35.5. The van der Waals surface area contributed by atoms with Crippen LogP contribution in [0, 0.1) is 0 Å². The number of hydrogen-bond acceptors (Lipinski definition) is 3.